The van der Waals surface area contributed by atoms with Crippen LogP contribution in [0, 0.1) is 0 Å². The SMILES string of the molecule is CCCCn1c2ccc(OC)cc2c2cc(C=C(c3ccccc3)c3ccccc3)c3ccccc3c21. The number of aromatic nitrogens is 1. The third-order valence-electron chi connectivity index (χ3n) is 7.31. The van der Waals surface area contributed by atoms with E-state index in [1.807, 2.05) is 0 Å². The lowest BCUT2D eigenvalue weighted by Gasteiger charge is -2.13. The number of aryl methyl sites for hydroxylation is 1. The Labute approximate surface area is 218 Å². The van der Waals surface area contributed by atoms with Gasteiger partial charge in [-0.2, -0.15) is 0 Å². The third-order valence-corrected chi connectivity index (χ3v) is 7.31. The van der Waals surface area contributed by atoms with E-state index in [0.717, 1.165) is 25.1 Å². The molecule has 0 unspecified atom stereocenters. The third kappa shape index (κ3) is 4.19. The van der Waals surface area contributed by atoms with Crippen LogP contribution in [0.3, 0.4) is 0 Å². The van der Waals surface area contributed by atoms with Gasteiger partial charge in [0.05, 0.1) is 12.6 Å². The summed E-state index contributed by atoms with van der Waals surface area (Å²) in [5, 5.41) is 5.08. The average Bonchev–Trinajstić information content (AvgIpc) is 3.28. The summed E-state index contributed by atoms with van der Waals surface area (Å²) in [5.41, 5.74) is 7.45. The van der Waals surface area contributed by atoms with Gasteiger partial charge in [0.25, 0.3) is 0 Å². The van der Waals surface area contributed by atoms with Crippen molar-refractivity contribution in [3.8, 4) is 5.75 Å². The summed E-state index contributed by atoms with van der Waals surface area (Å²) in [6.45, 7) is 3.26. The maximum Gasteiger partial charge on any atom is 0.119 e. The number of hydrogen-bond acceptors (Lipinski definition) is 1. The van der Waals surface area contributed by atoms with Crippen LogP contribution >= 0.6 is 0 Å². The molecule has 2 nitrogen and oxygen atoms in total. The molecule has 6 rings (SSSR count). The molecule has 1 heterocycles. The van der Waals surface area contributed by atoms with Gasteiger partial charge < -0.3 is 9.30 Å². The van der Waals surface area contributed by atoms with Crippen molar-refractivity contribution in [2.24, 2.45) is 0 Å². The molecule has 0 spiro atoms. The van der Waals surface area contributed by atoms with Crippen LogP contribution in [0.25, 0.3) is 44.2 Å². The van der Waals surface area contributed by atoms with Gasteiger partial charge in [0.15, 0.2) is 0 Å². The quantitative estimate of drug-likeness (QED) is 0.207. The van der Waals surface area contributed by atoms with Crippen LogP contribution in [0.15, 0.2) is 109 Å². The molecule has 182 valence electrons. The molecule has 0 N–H and O–H groups in total. The second-order valence-electron chi connectivity index (χ2n) is 9.59. The Morgan fingerprint density at radius 2 is 1.35 bits per heavy atom. The van der Waals surface area contributed by atoms with Crippen molar-refractivity contribution in [1.29, 1.82) is 0 Å². The topological polar surface area (TPSA) is 14.2 Å². The van der Waals surface area contributed by atoms with Gasteiger partial charge in [0.2, 0.25) is 0 Å². The Morgan fingerprint density at radius 1 is 0.703 bits per heavy atom. The first-order valence-electron chi connectivity index (χ1n) is 13.1. The van der Waals surface area contributed by atoms with E-state index in [1.165, 1.54) is 54.8 Å². The minimum absolute atomic E-state index is 0.890. The highest BCUT2D eigenvalue weighted by molar-refractivity contribution is 6.20. The van der Waals surface area contributed by atoms with Crippen LogP contribution in [0.2, 0.25) is 0 Å². The average molecular weight is 482 g/mol. The highest BCUT2D eigenvalue weighted by Gasteiger charge is 2.17. The van der Waals surface area contributed by atoms with Crippen LogP contribution < -0.4 is 4.74 Å². The molecule has 0 fully saturated rings. The Balaban J connectivity index is 1.71. The van der Waals surface area contributed by atoms with E-state index in [9.17, 15) is 0 Å². The standard InChI is InChI=1S/C35H31NO/c1-3-4-21-36-34-20-19-28(37-2)24-32(34)33-23-27(29-17-11-12-18-30(29)35(33)36)22-31(25-13-7-5-8-14-25)26-15-9-6-10-16-26/h5-20,22-24H,3-4,21H2,1-2H3. The monoisotopic (exact) mass is 481 g/mol. The number of benzene rings is 5. The van der Waals surface area contributed by atoms with Gasteiger partial charge in [-0.15, -0.1) is 0 Å². The number of nitrogens with zero attached hydrogens (tertiary/aromatic N) is 1. The minimum Gasteiger partial charge on any atom is -0.497 e. The molecule has 5 aromatic carbocycles. The van der Waals surface area contributed by atoms with E-state index in [-0.39, 0.29) is 0 Å². The fraction of sp³-hybridized carbons (Fsp3) is 0.143. The summed E-state index contributed by atoms with van der Waals surface area (Å²) in [6, 6.07) is 39.1. The molecule has 1 aromatic heterocycles. The normalized spacial score (nSPS) is 11.3. The summed E-state index contributed by atoms with van der Waals surface area (Å²) in [4.78, 5) is 0. The number of rotatable bonds is 7. The Kier molecular flexibility index (Phi) is 6.24. The number of hydrogen-bond donors (Lipinski definition) is 0. The smallest absolute Gasteiger partial charge is 0.119 e. The second kappa shape index (κ2) is 9.99. The number of fused-ring (bicyclic) bond motifs is 5. The fourth-order valence-electron chi connectivity index (χ4n) is 5.49. The summed E-state index contributed by atoms with van der Waals surface area (Å²) < 4.78 is 8.15. The van der Waals surface area contributed by atoms with E-state index in [2.05, 4.69) is 127 Å². The summed E-state index contributed by atoms with van der Waals surface area (Å²) in [7, 11) is 1.74. The molecule has 0 bridgehead atoms. The van der Waals surface area contributed by atoms with Gasteiger partial charge in [0.1, 0.15) is 5.75 Å². The molecule has 0 saturated heterocycles. The molecule has 0 saturated carbocycles. The van der Waals surface area contributed by atoms with Gasteiger partial charge in [0, 0.05) is 28.2 Å². The van der Waals surface area contributed by atoms with Crippen molar-refractivity contribution in [2.75, 3.05) is 7.11 Å². The second-order valence-corrected chi connectivity index (χ2v) is 9.59. The van der Waals surface area contributed by atoms with E-state index < -0.39 is 0 Å². The maximum atomic E-state index is 5.64. The van der Waals surface area contributed by atoms with Crippen LogP contribution in [-0.4, -0.2) is 11.7 Å². The van der Waals surface area contributed by atoms with Crippen molar-refractivity contribution in [3.05, 3.63) is 126 Å². The lowest BCUT2D eigenvalue weighted by atomic mass is 9.93. The molecule has 6 aromatic rings. The molecule has 0 aliphatic rings. The zero-order valence-electron chi connectivity index (χ0n) is 21.4. The van der Waals surface area contributed by atoms with Crippen molar-refractivity contribution < 1.29 is 4.74 Å². The fourth-order valence-corrected chi connectivity index (χ4v) is 5.49. The minimum atomic E-state index is 0.890. The van der Waals surface area contributed by atoms with Crippen molar-refractivity contribution in [2.45, 2.75) is 26.3 Å². The van der Waals surface area contributed by atoms with Crippen molar-refractivity contribution in [1.82, 2.24) is 4.57 Å². The molecule has 37 heavy (non-hydrogen) atoms. The van der Waals surface area contributed by atoms with Gasteiger partial charge in [-0.3, -0.25) is 0 Å². The van der Waals surface area contributed by atoms with E-state index in [1.54, 1.807) is 7.11 Å². The lowest BCUT2D eigenvalue weighted by molar-refractivity contribution is 0.415. The number of ether oxygens (including phenoxy) is 1. The van der Waals surface area contributed by atoms with Crippen molar-refractivity contribution in [3.63, 3.8) is 0 Å². The van der Waals surface area contributed by atoms with Crippen LogP contribution in [0.1, 0.15) is 36.5 Å². The number of unbranched alkanes of at least 4 members (excludes halogenated alkanes) is 1. The maximum absolute atomic E-state index is 5.64. The highest BCUT2D eigenvalue weighted by atomic mass is 16.5. The predicted octanol–water partition coefficient (Wildman–Crippen LogP) is 9.35. The predicted molar refractivity (Wildman–Crippen MR) is 158 cm³/mol. The van der Waals surface area contributed by atoms with Crippen LogP contribution in [0.4, 0.5) is 0 Å². The zero-order valence-corrected chi connectivity index (χ0v) is 21.4. The van der Waals surface area contributed by atoms with Crippen LogP contribution in [-0.2, 0) is 6.54 Å². The molecule has 0 amide bonds. The van der Waals surface area contributed by atoms with Gasteiger partial charge in [-0.25, -0.2) is 0 Å². The van der Waals surface area contributed by atoms with E-state index >= 15 is 0 Å². The summed E-state index contributed by atoms with van der Waals surface area (Å²) in [5.74, 6) is 0.890. The molecule has 0 aliphatic heterocycles. The van der Waals surface area contributed by atoms with Gasteiger partial charge in [-0.05, 0) is 64.4 Å². The van der Waals surface area contributed by atoms with Crippen molar-refractivity contribution >= 4 is 44.2 Å². The molecule has 0 atom stereocenters. The van der Waals surface area contributed by atoms with Gasteiger partial charge >= 0.3 is 0 Å². The Bertz CT molecular complexity index is 1680. The molecular formula is C35H31NO. The van der Waals surface area contributed by atoms with E-state index in [0.29, 0.717) is 0 Å². The molecule has 0 aliphatic carbocycles. The van der Waals surface area contributed by atoms with E-state index in [4.69, 9.17) is 4.74 Å². The molecule has 2 heteroatoms. The Morgan fingerprint density at radius 3 is 2.00 bits per heavy atom. The largest absolute Gasteiger partial charge is 0.497 e. The van der Waals surface area contributed by atoms with Crippen LogP contribution in [0.5, 0.6) is 5.75 Å². The molecule has 0 radical (unpaired) electrons. The first-order chi connectivity index (χ1) is 18.3. The van der Waals surface area contributed by atoms with Gasteiger partial charge in [-0.1, -0.05) is 98.3 Å². The molecular weight excluding hydrogens is 450 g/mol. The summed E-state index contributed by atoms with van der Waals surface area (Å²) >= 11 is 0. The highest BCUT2D eigenvalue weighted by Crippen LogP contribution is 2.39. The first kappa shape index (κ1) is 23.1. The lowest BCUT2D eigenvalue weighted by Crippen LogP contribution is -1.98. The Hall–Kier alpha value is -4.30. The number of methoxy groups -OCH3 is 1. The first-order valence-corrected chi connectivity index (χ1v) is 13.1. The zero-order chi connectivity index (χ0) is 25.2. The summed E-state index contributed by atoms with van der Waals surface area (Å²) in [6.07, 6.45) is 4.67.